The van der Waals surface area contributed by atoms with Crippen LogP contribution < -0.4 is 16.0 Å². The first-order chi connectivity index (χ1) is 22.8. The number of benzene rings is 3. The van der Waals surface area contributed by atoms with E-state index in [1.165, 1.54) is 11.1 Å². The highest BCUT2D eigenvalue weighted by atomic mass is 35.5. The van der Waals surface area contributed by atoms with Crippen LogP contribution in [-0.4, -0.2) is 30.8 Å². The zero-order valence-corrected chi connectivity index (χ0v) is 27.9. The summed E-state index contributed by atoms with van der Waals surface area (Å²) in [5.41, 5.74) is 5.09. The van der Waals surface area contributed by atoms with Gasteiger partial charge in [0.1, 0.15) is 17.3 Å². The maximum absolute atomic E-state index is 13.7. The van der Waals surface area contributed by atoms with Crippen molar-refractivity contribution in [2.24, 2.45) is 5.92 Å². The molecule has 0 spiro atoms. The van der Waals surface area contributed by atoms with Crippen molar-refractivity contribution in [3.63, 3.8) is 0 Å². The molecule has 0 radical (unpaired) electrons. The van der Waals surface area contributed by atoms with Crippen LogP contribution in [0.3, 0.4) is 0 Å². The van der Waals surface area contributed by atoms with E-state index in [-0.39, 0.29) is 23.8 Å². The van der Waals surface area contributed by atoms with Gasteiger partial charge in [-0.15, -0.1) is 0 Å². The molecule has 0 bridgehead atoms. The second kappa shape index (κ2) is 16.6. The van der Waals surface area contributed by atoms with E-state index in [9.17, 15) is 14.9 Å². The number of carbonyl (C=O) groups excluding carboxylic acids is 2. The molecule has 3 N–H and O–H groups in total. The first-order valence-electron chi connectivity index (χ1n) is 16.5. The molecule has 1 aromatic heterocycles. The van der Waals surface area contributed by atoms with Crippen LogP contribution in [0, 0.1) is 24.2 Å². The number of rotatable bonds is 14. The summed E-state index contributed by atoms with van der Waals surface area (Å²) in [4.78, 5) is 26.6. The summed E-state index contributed by atoms with van der Waals surface area (Å²) in [5, 5.41) is 19.5. The van der Waals surface area contributed by atoms with E-state index < -0.39 is 0 Å². The SMILES string of the molecule is Cc1ccc([C@@H](C)NCc2ccc(-c3ccc(Cl)c(C(=O)N[C@@H](CCC(=O)CC4CCNCC4)Cc4ccc(C#N)cc4)c3)o2)cc1. The first-order valence-corrected chi connectivity index (χ1v) is 16.9. The van der Waals surface area contributed by atoms with E-state index in [0.717, 1.165) is 42.8 Å². The monoisotopic (exact) mass is 650 g/mol. The Labute approximate surface area is 282 Å². The van der Waals surface area contributed by atoms with Crippen molar-refractivity contribution in [2.45, 2.75) is 71.0 Å². The number of piperidine rings is 1. The average molecular weight is 651 g/mol. The Kier molecular flexibility index (Phi) is 12.0. The van der Waals surface area contributed by atoms with Gasteiger partial charge in [-0.05, 0) is 112 Å². The minimum Gasteiger partial charge on any atom is -0.460 e. The maximum atomic E-state index is 13.7. The van der Waals surface area contributed by atoms with Gasteiger partial charge in [-0.2, -0.15) is 5.26 Å². The lowest BCUT2D eigenvalue weighted by Crippen LogP contribution is -2.37. The number of hydrogen-bond acceptors (Lipinski definition) is 6. The van der Waals surface area contributed by atoms with Crippen LogP contribution in [0.1, 0.15) is 83.4 Å². The summed E-state index contributed by atoms with van der Waals surface area (Å²) in [6, 6.07) is 27.0. The molecule has 8 heteroatoms. The maximum Gasteiger partial charge on any atom is 0.253 e. The van der Waals surface area contributed by atoms with Gasteiger partial charge in [-0.1, -0.05) is 53.6 Å². The highest BCUT2D eigenvalue weighted by molar-refractivity contribution is 6.34. The number of carbonyl (C=O) groups is 2. The van der Waals surface area contributed by atoms with Gasteiger partial charge in [-0.3, -0.25) is 9.59 Å². The molecule has 2 atom stereocenters. The van der Waals surface area contributed by atoms with Gasteiger partial charge in [-0.25, -0.2) is 0 Å². The van der Waals surface area contributed by atoms with E-state index in [0.29, 0.717) is 60.1 Å². The van der Waals surface area contributed by atoms with Crippen LogP contribution in [-0.2, 0) is 17.8 Å². The van der Waals surface area contributed by atoms with Gasteiger partial charge in [0.2, 0.25) is 0 Å². The van der Waals surface area contributed by atoms with Crippen LogP contribution >= 0.6 is 11.6 Å². The fourth-order valence-electron chi connectivity index (χ4n) is 6.04. The fraction of sp³-hybridized carbons (Fsp3) is 0.359. The van der Waals surface area contributed by atoms with Crippen LogP contribution in [0.15, 0.2) is 83.3 Å². The van der Waals surface area contributed by atoms with Crippen LogP contribution in [0.5, 0.6) is 0 Å². The van der Waals surface area contributed by atoms with Crippen molar-refractivity contribution < 1.29 is 14.0 Å². The topological polar surface area (TPSA) is 107 Å². The molecule has 7 nitrogen and oxygen atoms in total. The smallest absolute Gasteiger partial charge is 0.253 e. The van der Waals surface area contributed by atoms with Crippen molar-refractivity contribution in [1.29, 1.82) is 5.26 Å². The number of halogens is 1. The molecule has 1 fully saturated rings. The van der Waals surface area contributed by atoms with Crippen LogP contribution in [0.2, 0.25) is 5.02 Å². The predicted molar refractivity (Wildman–Crippen MR) is 186 cm³/mol. The molecular formula is C39H43ClN4O3. The van der Waals surface area contributed by atoms with Crippen molar-refractivity contribution in [1.82, 2.24) is 16.0 Å². The molecule has 1 saturated heterocycles. The molecule has 0 aliphatic carbocycles. The Balaban J connectivity index is 1.25. The average Bonchev–Trinajstić information content (AvgIpc) is 3.56. The van der Waals surface area contributed by atoms with Crippen LogP contribution in [0.4, 0.5) is 0 Å². The zero-order valence-electron chi connectivity index (χ0n) is 27.2. The highest BCUT2D eigenvalue weighted by Gasteiger charge is 2.21. The Bertz CT molecular complexity index is 1680. The highest BCUT2D eigenvalue weighted by Crippen LogP contribution is 2.28. The number of hydrogen-bond donors (Lipinski definition) is 3. The normalized spacial score (nSPS) is 14.7. The predicted octanol–water partition coefficient (Wildman–Crippen LogP) is 7.71. The molecule has 3 aromatic carbocycles. The van der Waals surface area contributed by atoms with Crippen molar-refractivity contribution in [2.75, 3.05) is 13.1 Å². The lowest BCUT2D eigenvalue weighted by atomic mass is 9.90. The molecule has 1 aliphatic rings. The van der Waals surface area contributed by atoms with E-state index in [1.807, 2.05) is 30.3 Å². The summed E-state index contributed by atoms with van der Waals surface area (Å²) in [6.07, 6.45) is 4.06. The Morgan fingerprint density at radius 3 is 2.49 bits per heavy atom. The quantitative estimate of drug-likeness (QED) is 0.129. The third kappa shape index (κ3) is 9.89. The number of Topliss-reactive ketones (excluding diaryl/α,β-unsaturated/α-hetero) is 1. The van der Waals surface area contributed by atoms with Gasteiger partial charge < -0.3 is 20.4 Å². The second-order valence-electron chi connectivity index (χ2n) is 12.6. The standard InChI is InChI=1S/C39H43ClN4O3/c1-26-3-9-31(10-4-26)27(2)43-25-35-14-16-38(47-35)32-11-15-37(40)36(23-32)39(46)44-33(21-28-5-7-30(24-41)8-6-28)12-13-34(45)22-29-17-19-42-20-18-29/h3-11,14-16,23,27,29,33,42-43H,12-13,17-22,25H2,1-2H3,(H,44,46)/t27-,33+/m1/s1. The third-order valence-electron chi connectivity index (χ3n) is 8.96. The summed E-state index contributed by atoms with van der Waals surface area (Å²) in [6.45, 7) is 6.67. The minimum absolute atomic E-state index is 0.159. The number of aryl methyl sites for hydroxylation is 1. The van der Waals surface area contributed by atoms with Gasteiger partial charge >= 0.3 is 0 Å². The zero-order chi connectivity index (χ0) is 33.2. The Morgan fingerprint density at radius 1 is 1.02 bits per heavy atom. The van der Waals surface area contributed by atoms with Gasteiger partial charge in [0.25, 0.3) is 5.91 Å². The molecule has 47 heavy (non-hydrogen) atoms. The largest absolute Gasteiger partial charge is 0.460 e. The Hall–Kier alpha value is -4.22. The molecule has 4 aromatic rings. The second-order valence-corrected chi connectivity index (χ2v) is 13.0. The lowest BCUT2D eigenvalue weighted by molar-refractivity contribution is -0.120. The molecule has 1 amide bonds. The summed E-state index contributed by atoms with van der Waals surface area (Å²) in [7, 11) is 0. The van der Waals surface area contributed by atoms with Gasteiger partial charge in [0, 0.05) is 30.5 Å². The molecule has 0 unspecified atom stereocenters. The number of furan rings is 1. The van der Waals surface area contributed by atoms with Crippen molar-refractivity contribution in [3.05, 3.63) is 117 Å². The number of ketones is 1. The summed E-state index contributed by atoms with van der Waals surface area (Å²) in [5.74, 6) is 1.78. The van der Waals surface area contributed by atoms with Crippen molar-refractivity contribution in [3.8, 4) is 17.4 Å². The van der Waals surface area contributed by atoms with E-state index >= 15 is 0 Å². The number of nitrogens with one attached hydrogen (secondary N) is 3. The van der Waals surface area contributed by atoms with Gasteiger partial charge in [0.05, 0.1) is 28.8 Å². The molecule has 1 aliphatic heterocycles. The van der Waals surface area contributed by atoms with Crippen molar-refractivity contribution >= 4 is 23.3 Å². The minimum atomic E-state index is -0.304. The van der Waals surface area contributed by atoms with Crippen LogP contribution in [0.25, 0.3) is 11.3 Å². The Morgan fingerprint density at radius 2 is 1.77 bits per heavy atom. The first kappa shape index (κ1) is 34.1. The van der Waals surface area contributed by atoms with E-state index in [1.54, 1.807) is 24.3 Å². The molecule has 244 valence electrons. The summed E-state index contributed by atoms with van der Waals surface area (Å²) >= 11 is 6.56. The third-order valence-corrected chi connectivity index (χ3v) is 9.29. The van der Waals surface area contributed by atoms with E-state index in [4.69, 9.17) is 16.0 Å². The number of nitriles is 1. The molecule has 5 rings (SSSR count). The lowest BCUT2D eigenvalue weighted by Gasteiger charge is -2.23. The van der Waals surface area contributed by atoms with Gasteiger partial charge in [0.15, 0.2) is 0 Å². The van der Waals surface area contributed by atoms with E-state index in [2.05, 4.69) is 60.1 Å². The summed E-state index contributed by atoms with van der Waals surface area (Å²) < 4.78 is 6.15. The molecular weight excluding hydrogens is 608 g/mol. The molecule has 2 heterocycles. The number of nitrogens with zero attached hydrogens (tertiary/aromatic N) is 1. The molecule has 0 saturated carbocycles. The number of amides is 1. The fourth-order valence-corrected chi connectivity index (χ4v) is 6.24.